The van der Waals surface area contributed by atoms with E-state index in [9.17, 15) is 0 Å². The Bertz CT molecular complexity index is 464. The highest BCUT2D eigenvalue weighted by atomic mass is 35.5. The second-order valence-corrected chi connectivity index (χ2v) is 8.57. The van der Waals surface area contributed by atoms with Gasteiger partial charge in [-0.1, -0.05) is 50.9 Å². The molecule has 0 bridgehead atoms. The van der Waals surface area contributed by atoms with Crippen LogP contribution in [0.4, 0.5) is 0 Å². The van der Waals surface area contributed by atoms with E-state index in [0.717, 1.165) is 22.2 Å². The number of hydrogen-bond acceptors (Lipinski definition) is 1. The molecular weight excluding hydrogens is 289 g/mol. The van der Waals surface area contributed by atoms with Crippen LogP contribution in [0.3, 0.4) is 0 Å². The van der Waals surface area contributed by atoms with Crippen LogP contribution in [0.5, 0.6) is 0 Å². The average molecular weight is 314 g/mol. The average Bonchev–Trinajstić information content (AvgIpc) is 2.26. The number of benzene rings is 1. The van der Waals surface area contributed by atoms with Crippen molar-refractivity contribution < 1.29 is 0 Å². The molecule has 1 aliphatic rings. The lowest BCUT2D eigenvalue weighted by molar-refractivity contribution is 0.0845. The van der Waals surface area contributed by atoms with Crippen molar-refractivity contribution in [1.82, 2.24) is 5.32 Å². The first-order valence-corrected chi connectivity index (χ1v) is 8.10. The van der Waals surface area contributed by atoms with Gasteiger partial charge < -0.3 is 5.32 Å². The van der Waals surface area contributed by atoms with E-state index in [1.165, 1.54) is 19.3 Å². The number of halogens is 2. The fourth-order valence-corrected chi connectivity index (χ4v) is 4.30. The molecule has 0 spiro atoms. The largest absolute Gasteiger partial charge is 0.310 e. The molecule has 20 heavy (non-hydrogen) atoms. The van der Waals surface area contributed by atoms with Gasteiger partial charge in [0.05, 0.1) is 0 Å². The first-order chi connectivity index (χ1) is 9.17. The molecule has 3 heteroatoms. The molecule has 1 fully saturated rings. The summed E-state index contributed by atoms with van der Waals surface area (Å²) >= 11 is 12.3. The van der Waals surface area contributed by atoms with Crippen molar-refractivity contribution in [3.05, 3.63) is 33.8 Å². The van der Waals surface area contributed by atoms with Gasteiger partial charge in [0.1, 0.15) is 0 Å². The normalized spacial score (nSPS) is 21.9. The molecule has 112 valence electrons. The lowest BCUT2D eigenvalue weighted by atomic mass is 9.63. The molecule has 0 aromatic heterocycles. The Morgan fingerprint density at radius 2 is 1.70 bits per heavy atom. The molecule has 1 N–H and O–H groups in total. The van der Waals surface area contributed by atoms with E-state index < -0.39 is 0 Å². The topological polar surface area (TPSA) is 12.0 Å². The lowest BCUT2D eigenvalue weighted by Crippen LogP contribution is -2.43. The molecule has 2 rings (SSSR count). The summed E-state index contributed by atoms with van der Waals surface area (Å²) < 4.78 is 0. The molecule has 0 aliphatic heterocycles. The monoisotopic (exact) mass is 313 g/mol. The van der Waals surface area contributed by atoms with E-state index in [-0.39, 0.29) is 0 Å². The van der Waals surface area contributed by atoms with E-state index in [0.29, 0.717) is 16.9 Å². The van der Waals surface area contributed by atoms with E-state index in [2.05, 4.69) is 33.0 Å². The second kappa shape index (κ2) is 5.87. The number of nitrogens with one attached hydrogen (secondary N) is 1. The smallest absolute Gasteiger partial charge is 0.0451 e. The van der Waals surface area contributed by atoms with E-state index in [1.54, 1.807) is 0 Å². The number of hydrogen-bond donors (Lipinski definition) is 1. The summed E-state index contributed by atoms with van der Waals surface area (Å²) in [6, 6.07) is 6.20. The first kappa shape index (κ1) is 16.1. The molecule has 0 radical (unpaired) electrons. The third-order valence-electron chi connectivity index (χ3n) is 4.14. The van der Waals surface area contributed by atoms with Crippen molar-refractivity contribution in [2.45, 2.75) is 59.5 Å². The summed E-state index contributed by atoms with van der Waals surface area (Å²) in [6.45, 7) is 10.3. The fraction of sp³-hybridized carbons (Fsp3) is 0.647. The standard InChI is InChI=1S/C17H25Cl2N/c1-16(2)8-14(9-17(3,4)11-16)20-10-12-7-13(18)5-6-15(12)19/h5-7,14,20H,8-11H2,1-4H3. The van der Waals surface area contributed by atoms with Crippen molar-refractivity contribution in [3.8, 4) is 0 Å². The Morgan fingerprint density at radius 1 is 1.10 bits per heavy atom. The summed E-state index contributed by atoms with van der Waals surface area (Å²) in [5, 5.41) is 5.21. The Morgan fingerprint density at radius 3 is 2.30 bits per heavy atom. The van der Waals surface area contributed by atoms with Gasteiger partial charge in [0.15, 0.2) is 0 Å². The van der Waals surface area contributed by atoms with Gasteiger partial charge in [-0.05, 0) is 53.9 Å². The summed E-state index contributed by atoms with van der Waals surface area (Å²) in [4.78, 5) is 0. The summed E-state index contributed by atoms with van der Waals surface area (Å²) in [5.41, 5.74) is 1.88. The Hall–Kier alpha value is -0.240. The van der Waals surface area contributed by atoms with E-state index in [4.69, 9.17) is 23.2 Å². The third kappa shape index (κ3) is 4.38. The summed E-state index contributed by atoms with van der Waals surface area (Å²) in [7, 11) is 0. The summed E-state index contributed by atoms with van der Waals surface area (Å²) in [6.07, 6.45) is 3.72. The van der Waals surface area contributed by atoms with Crippen LogP contribution in [-0.4, -0.2) is 6.04 Å². The van der Waals surface area contributed by atoms with Gasteiger partial charge in [-0.2, -0.15) is 0 Å². The maximum absolute atomic E-state index is 6.23. The maximum atomic E-state index is 6.23. The van der Waals surface area contributed by atoms with Crippen LogP contribution < -0.4 is 5.32 Å². The molecule has 0 heterocycles. The van der Waals surface area contributed by atoms with Crippen LogP contribution in [0, 0.1) is 10.8 Å². The Labute approximate surface area is 133 Å². The quantitative estimate of drug-likeness (QED) is 0.756. The predicted molar refractivity (Wildman–Crippen MR) is 88.5 cm³/mol. The van der Waals surface area contributed by atoms with Crippen LogP contribution >= 0.6 is 23.2 Å². The van der Waals surface area contributed by atoms with Gasteiger partial charge in [-0.3, -0.25) is 0 Å². The molecule has 0 unspecified atom stereocenters. The molecule has 1 aliphatic carbocycles. The van der Waals surface area contributed by atoms with Crippen molar-refractivity contribution in [3.63, 3.8) is 0 Å². The SMILES string of the molecule is CC1(C)CC(NCc2cc(Cl)ccc2Cl)CC(C)(C)C1. The van der Waals surface area contributed by atoms with Crippen molar-refractivity contribution in [2.75, 3.05) is 0 Å². The lowest BCUT2D eigenvalue weighted by Gasteiger charge is -2.45. The molecule has 0 saturated heterocycles. The molecule has 1 nitrogen and oxygen atoms in total. The first-order valence-electron chi connectivity index (χ1n) is 7.34. The maximum Gasteiger partial charge on any atom is 0.0451 e. The van der Waals surface area contributed by atoms with Crippen molar-refractivity contribution in [2.24, 2.45) is 10.8 Å². The minimum atomic E-state index is 0.400. The zero-order chi connectivity index (χ0) is 15.0. The van der Waals surface area contributed by atoms with Crippen molar-refractivity contribution in [1.29, 1.82) is 0 Å². The molecule has 1 saturated carbocycles. The minimum Gasteiger partial charge on any atom is -0.310 e. The molecule has 1 aromatic rings. The van der Waals surface area contributed by atoms with E-state index >= 15 is 0 Å². The second-order valence-electron chi connectivity index (χ2n) is 7.73. The molecule has 0 atom stereocenters. The molecule has 1 aromatic carbocycles. The van der Waals surface area contributed by atoms with Gasteiger partial charge in [0, 0.05) is 22.6 Å². The van der Waals surface area contributed by atoms with Crippen LogP contribution in [0.2, 0.25) is 10.0 Å². The van der Waals surface area contributed by atoms with Crippen LogP contribution in [0.1, 0.15) is 52.5 Å². The van der Waals surface area contributed by atoms with Crippen LogP contribution in [-0.2, 0) is 6.54 Å². The van der Waals surface area contributed by atoms with Gasteiger partial charge in [0.25, 0.3) is 0 Å². The zero-order valence-corrected chi connectivity index (χ0v) is 14.4. The highest BCUT2D eigenvalue weighted by Crippen LogP contribution is 2.45. The number of rotatable bonds is 3. The van der Waals surface area contributed by atoms with Gasteiger partial charge in [-0.15, -0.1) is 0 Å². The van der Waals surface area contributed by atoms with Crippen molar-refractivity contribution >= 4 is 23.2 Å². The van der Waals surface area contributed by atoms with E-state index in [1.807, 2.05) is 18.2 Å². The van der Waals surface area contributed by atoms with Crippen LogP contribution in [0.25, 0.3) is 0 Å². The molecular formula is C17H25Cl2N. The highest BCUT2D eigenvalue weighted by molar-refractivity contribution is 6.33. The summed E-state index contributed by atoms with van der Waals surface area (Å²) in [5.74, 6) is 0. The Balaban J connectivity index is 2.01. The predicted octanol–water partition coefficient (Wildman–Crippen LogP) is 5.69. The van der Waals surface area contributed by atoms with Gasteiger partial charge in [0.2, 0.25) is 0 Å². The minimum absolute atomic E-state index is 0.400. The Kier molecular flexibility index (Phi) is 4.73. The van der Waals surface area contributed by atoms with Gasteiger partial charge in [-0.25, -0.2) is 0 Å². The third-order valence-corrected chi connectivity index (χ3v) is 4.75. The molecule has 0 amide bonds. The highest BCUT2D eigenvalue weighted by Gasteiger charge is 2.38. The zero-order valence-electron chi connectivity index (χ0n) is 12.9. The fourth-order valence-electron chi connectivity index (χ4n) is 3.92. The van der Waals surface area contributed by atoms with Gasteiger partial charge >= 0.3 is 0 Å². The van der Waals surface area contributed by atoms with Crippen LogP contribution in [0.15, 0.2) is 18.2 Å².